The molecule has 0 spiro atoms. The molecule has 2 atom stereocenters. The quantitative estimate of drug-likeness (QED) is 0.0238. The molecule has 17 nitrogen and oxygen atoms in total. The number of amides is 4. The number of ether oxygens (including phenoxy) is 7. The molecule has 0 saturated carbocycles. The number of carboxylic acids is 1. The van der Waals surface area contributed by atoms with Gasteiger partial charge >= 0.3 is 106 Å². The number of carbonyl (C=O) groups is 6. The Hall–Kier alpha value is -4.75. The van der Waals surface area contributed by atoms with Crippen LogP contribution in [0.3, 0.4) is 0 Å². The number of thioether (sulfide) groups is 2. The Kier molecular flexibility index (Phi) is 30.1. The monoisotopic (exact) mass is 1510 g/mol. The van der Waals surface area contributed by atoms with E-state index in [1.165, 1.54) is 21.3 Å². The van der Waals surface area contributed by atoms with Gasteiger partial charge in [-0.25, -0.2) is 9.59 Å². The number of aliphatic carboxylic acids is 1. The average molecular weight is 1510 g/mol. The predicted molar refractivity (Wildman–Crippen MR) is 328 cm³/mol. The predicted octanol–water partition coefficient (Wildman–Crippen LogP) is 10.2. The first-order chi connectivity index (χ1) is 36.9. The normalized spacial score (nSPS) is 14.4. The molecule has 4 amide bonds. The van der Waals surface area contributed by atoms with Crippen LogP contribution >= 0.6 is 83.5 Å². The van der Waals surface area contributed by atoms with Gasteiger partial charge in [0.25, 0.3) is 10.5 Å². The Morgan fingerprint density at radius 2 is 0.825 bits per heavy atom. The molecule has 0 bridgehead atoms. The molecule has 4 N–H and O–H groups in total. The van der Waals surface area contributed by atoms with E-state index in [0.29, 0.717) is 81.1 Å². The molecule has 8 rings (SSSR count). The van der Waals surface area contributed by atoms with Crippen LogP contribution in [0.4, 0.5) is 9.59 Å². The summed E-state index contributed by atoms with van der Waals surface area (Å²) in [5, 5.41) is 12.9. The number of halogens is 3. The van der Waals surface area contributed by atoms with Crippen molar-refractivity contribution in [1.82, 2.24) is 10.6 Å². The Bertz CT molecular complexity index is 3110. The molecule has 6 aromatic carbocycles. The van der Waals surface area contributed by atoms with Gasteiger partial charge in [0.2, 0.25) is 11.8 Å². The van der Waals surface area contributed by atoms with Gasteiger partial charge in [0.15, 0.2) is 0 Å². The zero-order valence-electron chi connectivity index (χ0n) is 43.0. The fourth-order valence-electron chi connectivity index (χ4n) is 7.35. The van der Waals surface area contributed by atoms with Gasteiger partial charge in [-0.3, -0.25) is 29.8 Å². The molecule has 2 fully saturated rings. The average Bonchev–Trinajstić information content (AvgIpc) is 3.92. The number of carbonyl (C=O) groups excluding carboxylic acids is 5. The van der Waals surface area contributed by atoms with Gasteiger partial charge in [-0.2, -0.15) is 0 Å². The number of carboxylic acid groups (broad SMARTS) is 1. The molecule has 0 radical (unpaired) electrons. The molecular formula is C56H53I3N2NaO15S2V. The number of imide groups is 2. The van der Waals surface area contributed by atoms with Crippen molar-refractivity contribution >= 4 is 141 Å². The summed E-state index contributed by atoms with van der Waals surface area (Å²) in [4.78, 5) is 70.5. The maximum absolute atomic E-state index is 12.6. The first kappa shape index (κ1) is 69.5. The Morgan fingerprint density at radius 3 is 1.10 bits per heavy atom. The van der Waals surface area contributed by atoms with Crippen molar-refractivity contribution in [3.63, 3.8) is 0 Å². The molecule has 6 aromatic rings. The standard InChI is InChI=1S/C28H25NO7S.C27H23NO7S.CH4.3HI.Na.H2O.V/c1-33-22-12-18(13-23(16-22)34-2)14-24(27(31)35-3)19-6-10-21(11-7-19)36-20-8-4-17(5-9-20)15-25-26(30)29-28(32)37-25;1-33-21-11-17(12-22(15-21)34-2)13-23(26(30)31)18-5-9-20(10-6-18)35-19-7-3-16(4-8-19)14-24-25(29)28-27(32)36-24;;;;;;;/h4-14,16,25H,15H2,1-3H3,(H,29,30,32);3-13,15,24H,14H2,1-2H3,(H,30,31)(H,28,29,32);1H4;3*1H;;1H2;/q;;;;;;+1;;+3/p-4/b24-14+;23-13+;;;;;;;. The van der Waals surface area contributed by atoms with Gasteiger partial charge < -0.3 is 43.7 Å². The fraction of sp³-hybridized carbons (Fsp3) is 0.179. The summed E-state index contributed by atoms with van der Waals surface area (Å²) < 4.78 is 38.0. The number of hydrogen-bond acceptors (Lipinski definition) is 16. The SMILES string of the molecule is C.COC(=O)/C(=C/c1cc(OC)cc(OC)c1)c1ccc(Oc2ccc(CC3SC(=O)NC3=O)cc2)cc1.COc1cc(/C=C(/C(=O)O)c2ccc(Oc3ccc(CC4SC(=O)NC4=O)cc3)cc2)cc(OC)c1.[I][V]([I])[I].[Na+].[OH-]. The maximum Gasteiger partial charge on any atom is 1.00 e. The van der Waals surface area contributed by atoms with Gasteiger partial charge in [-0.1, -0.05) is 79.5 Å². The molecule has 2 unspecified atom stereocenters. The first-order valence-corrected chi connectivity index (χ1v) is 38.0. The summed E-state index contributed by atoms with van der Waals surface area (Å²) in [6.45, 7) is 0. The number of methoxy groups -OCH3 is 5. The molecule has 2 aliphatic heterocycles. The molecule has 2 heterocycles. The van der Waals surface area contributed by atoms with E-state index in [1.54, 1.807) is 136 Å². The minimum absolute atomic E-state index is 0. The van der Waals surface area contributed by atoms with E-state index in [4.69, 9.17) is 33.2 Å². The third kappa shape index (κ3) is 21.5. The molecule has 2 aliphatic rings. The number of esters is 1. The summed E-state index contributed by atoms with van der Waals surface area (Å²) in [5.74, 6) is 2.54. The van der Waals surface area contributed by atoms with Crippen molar-refractivity contribution in [1.29, 1.82) is 0 Å². The van der Waals surface area contributed by atoms with Crippen molar-refractivity contribution in [3.05, 3.63) is 167 Å². The summed E-state index contributed by atoms with van der Waals surface area (Å²) in [6.07, 6.45) is 4.17. The second-order valence-electron chi connectivity index (χ2n) is 16.1. The Balaban J connectivity index is 0.000000380. The number of nitrogens with one attached hydrogen (secondary N) is 2. The maximum atomic E-state index is 12.6. The number of benzene rings is 6. The molecule has 0 aromatic heterocycles. The van der Waals surface area contributed by atoms with Crippen LogP contribution in [-0.2, 0) is 41.7 Å². The van der Waals surface area contributed by atoms with Crippen LogP contribution in [0.2, 0.25) is 0 Å². The van der Waals surface area contributed by atoms with Crippen molar-refractivity contribution in [2.24, 2.45) is 0 Å². The number of hydrogen-bond donors (Lipinski definition) is 3. The van der Waals surface area contributed by atoms with Crippen molar-refractivity contribution in [2.45, 2.75) is 30.8 Å². The van der Waals surface area contributed by atoms with Crippen LogP contribution in [-0.4, -0.2) is 90.9 Å². The first-order valence-electron chi connectivity index (χ1n) is 22.7. The van der Waals surface area contributed by atoms with Crippen LogP contribution in [0, 0.1) is 0 Å². The third-order valence-electron chi connectivity index (χ3n) is 11.0. The van der Waals surface area contributed by atoms with E-state index in [2.05, 4.69) is 70.6 Å². The van der Waals surface area contributed by atoms with Crippen LogP contribution in [0.1, 0.15) is 40.8 Å². The van der Waals surface area contributed by atoms with Crippen molar-refractivity contribution < 1.29 is 107 Å². The molecular weight excluding hydrogens is 1460 g/mol. The Labute approximate surface area is 531 Å². The molecule has 416 valence electrons. The molecule has 24 heteroatoms. The fourth-order valence-corrected chi connectivity index (χ4v) is 9.06. The summed E-state index contributed by atoms with van der Waals surface area (Å²) in [6, 6.07) is 38.9. The van der Waals surface area contributed by atoms with E-state index < -0.39 is 22.4 Å². The van der Waals surface area contributed by atoms with Gasteiger partial charge in [-0.15, -0.1) is 0 Å². The summed E-state index contributed by atoms with van der Waals surface area (Å²) >= 11 is 9.39. The smallest absolute Gasteiger partial charge is 0.870 e. The van der Waals surface area contributed by atoms with Gasteiger partial charge in [0, 0.05) is 12.1 Å². The van der Waals surface area contributed by atoms with E-state index >= 15 is 0 Å². The summed E-state index contributed by atoms with van der Waals surface area (Å²) in [5.41, 5.74) is 4.80. The van der Waals surface area contributed by atoms with Gasteiger partial charge in [0.1, 0.15) is 46.0 Å². The molecule has 80 heavy (non-hydrogen) atoms. The van der Waals surface area contributed by atoms with E-state index in [0.717, 1.165) is 40.2 Å². The van der Waals surface area contributed by atoms with Crippen molar-refractivity contribution in [3.8, 4) is 46.0 Å². The van der Waals surface area contributed by atoms with Crippen LogP contribution in [0.5, 0.6) is 46.0 Å². The second kappa shape index (κ2) is 34.6. The van der Waals surface area contributed by atoms with E-state index in [1.807, 2.05) is 24.3 Å². The van der Waals surface area contributed by atoms with Crippen LogP contribution in [0.25, 0.3) is 23.3 Å². The second-order valence-corrected chi connectivity index (χ2v) is 53.8. The van der Waals surface area contributed by atoms with Gasteiger partial charge in [0.05, 0.1) is 57.2 Å². The minimum Gasteiger partial charge on any atom is -0.870 e. The van der Waals surface area contributed by atoms with E-state index in [9.17, 15) is 33.9 Å². The number of rotatable bonds is 18. The Morgan fingerprint density at radius 1 is 0.525 bits per heavy atom. The van der Waals surface area contributed by atoms with E-state index in [-0.39, 0.29) is 75.2 Å². The third-order valence-corrected chi connectivity index (χ3v) is 13.0. The van der Waals surface area contributed by atoms with Crippen LogP contribution in [0.15, 0.2) is 133 Å². The van der Waals surface area contributed by atoms with Crippen LogP contribution < -0.4 is 68.6 Å². The van der Waals surface area contributed by atoms with Gasteiger partial charge in [-0.05, 0) is 131 Å². The largest absolute Gasteiger partial charge is 1.00 e. The summed E-state index contributed by atoms with van der Waals surface area (Å²) in [7, 11) is 7.51. The minimum atomic E-state index is -1.07. The topological polar surface area (TPSA) is 241 Å². The van der Waals surface area contributed by atoms with Crippen molar-refractivity contribution in [2.75, 3.05) is 35.5 Å². The molecule has 2 saturated heterocycles. The zero-order chi connectivity index (χ0) is 55.6. The zero-order valence-corrected chi connectivity index (χ0v) is 54.5. The molecule has 0 aliphatic carbocycles.